The van der Waals surface area contributed by atoms with Crippen LogP contribution in [0.5, 0.6) is 11.5 Å². The summed E-state index contributed by atoms with van der Waals surface area (Å²) in [7, 11) is 3.13. The lowest BCUT2D eigenvalue weighted by molar-refractivity contribution is 0.194. The van der Waals surface area contributed by atoms with Gasteiger partial charge in [-0.1, -0.05) is 36.4 Å². The zero-order valence-corrected chi connectivity index (χ0v) is 21.6. The van der Waals surface area contributed by atoms with Crippen LogP contribution in [0.1, 0.15) is 34.1 Å². The fourth-order valence-electron chi connectivity index (χ4n) is 5.27. The van der Waals surface area contributed by atoms with Gasteiger partial charge in [-0.25, -0.2) is 9.07 Å². The van der Waals surface area contributed by atoms with Crippen LogP contribution in [0.25, 0.3) is 10.9 Å². The van der Waals surface area contributed by atoms with Crippen molar-refractivity contribution >= 4 is 10.9 Å². The van der Waals surface area contributed by atoms with Crippen LogP contribution in [0.4, 0.5) is 4.39 Å². The molecule has 0 amide bonds. The van der Waals surface area contributed by atoms with E-state index in [4.69, 9.17) is 9.47 Å². The van der Waals surface area contributed by atoms with Gasteiger partial charge in [-0.3, -0.25) is 9.69 Å². The van der Waals surface area contributed by atoms with Gasteiger partial charge in [-0.05, 0) is 57.8 Å². The molecule has 0 saturated heterocycles. The summed E-state index contributed by atoms with van der Waals surface area (Å²) in [6.07, 6.45) is 0.836. The molecule has 1 atom stereocenters. The summed E-state index contributed by atoms with van der Waals surface area (Å²) in [4.78, 5) is 18.9. The largest absolute Gasteiger partial charge is 0.493 e. The Morgan fingerprint density at radius 3 is 2.51 bits per heavy atom. The first kappa shape index (κ1) is 24.7. The van der Waals surface area contributed by atoms with Crippen LogP contribution >= 0.6 is 0 Å². The summed E-state index contributed by atoms with van der Waals surface area (Å²) in [5.41, 5.74) is 4.25. The highest BCUT2D eigenvalue weighted by Gasteiger charge is 2.32. The number of tetrazole rings is 1. The molecule has 0 fully saturated rings. The second-order valence-electron chi connectivity index (χ2n) is 9.56. The first-order valence-corrected chi connectivity index (χ1v) is 12.6. The van der Waals surface area contributed by atoms with Crippen LogP contribution < -0.4 is 15.0 Å². The Morgan fingerprint density at radius 1 is 1.00 bits per heavy atom. The quantitative estimate of drug-likeness (QED) is 0.344. The van der Waals surface area contributed by atoms with Crippen LogP contribution in [0.3, 0.4) is 0 Å². The van der Waals surface area contributed by atoms with Gasteiger partial charge in [0, 0.05) is 30.1 Å². The summed E-state index contributed by atoms with van der Waals surface area (Å²) in [6, 6.07) is 19.5. The van der Waals surface area contributed by atoms with E-state index in [1.165, 1.54) is 23.3 Å². The number of pyridine rings is 1. The Bertz CT molecular complexity index is 1700. The van der Waals surface area contributed by atoms with Gasteiger partial charge >= 0.3 is 0 Å². The van der Waals surface area contributed by atoms with E-state index in [1.807, 2.05) is 24.3 Å². The fraction of sp³-hybridized carbons (Fsp3) is 0.241. The van der Waals surface area contributed by atoms with Gasteiger partial charge in [0.25, 0.3) is 5.56 Å². The van der Waals surface area contributed by atoms with Crippen molar-refractivity contribution in [3.8, 4) is 11.5 Å². The van der Waals surface area contributed by atoms with Gasteiger partial charge < -0.3 is 14.5 Å². The molecule has 9 nitrogen and oxygen atoms in total. The van der Waals surface area contributed by atoms with Crippen molar-refractivity contribution < 1.29 is 13.9 Å². The predicted octanol–water partition coefficient (Wildman–Crippen LogP) is 3.87. The standard InChI is InChI=1S/C29H27FN6O3/c1-38-25-14-21-13-23(29(37)31-24(21)15-26(25)39-2)27(35-12-11-19-5-3-4-6-20(19)17-35)28-32-33-34-36(28)16-18-7-9-22(30)10-8-18/h3-10,13-15,27H,11-12,16-17H2,1-2H3,(H,31,37)/t27-/m1/s1. The highest BCUT2D eigenvalue weighted by atomic mass is 19.1. The minimum Gasteiger partial charge on any atom is -0.493 e. The molecule has 5 aromatic rings. The summed E-state index contributed by atoms with van der Waals surface area (Å²) < 4.78 is 26.1. The molecule has 1 N–H and O–H groups in total. The van der Waals surface area contributed by atoms with E-state index in [0.29, 0.717) is 48.0 Å². The van der Waals surface area contributed by atoms with Crippen LogP contribution in [-0.4, -0.2) is 50.9 Å². The first-order valence-electron chi connectivity index (χ1n) is 12.6. The molecule has 0 unspecified atom stereocenters. The molecule has 198 valence electrons. The molecule has 10 heteroatoms. The molecule has 1 aliphatic rings. The van der Waals surface area contributed by atoms with E-state index >= 15 is 0 Å². The lowest BCUT2D eigenvalue weighted by Crippen LogP contribution is -2.38. The van der Waals surface area contributed by atoms with E-state index in [1.54, 1.807) is 37.1 Å². The smallest absolute Gasteiger partial charge is 0.253 e. The Labute approximate surface area is 223 Å². The van der Waals surface area contributed by atoms with E-state index in [0.717, 1.165) is 17.4 Å². The number of nitrogens with one attached hydrogen (secondary N) is 1. The molecular weight excluding hydrogens is 499 g/mol. The second-order valence-corrected chi connectivity index (χ2v) is 9.56. The van der Waals surface area contributed by atoms with Crippen molar-refractivity contribution in [3.63, 3.8) is 0 Å². The van der Waals surface area contributed by atoms with E-state index in [2.05, 4.69) is 37.5 Å². The Kier molecular flexibility index (Phi) is 6.54. The number of rotatable bonds is 7. The number of aromatic nitrogens is 5. The van der Waals surface area contributed by atoms with Crippen LogP contribution in [0.15, 0.2) is 71.5 Å². The summed E-state index contributed by atoms with van der Waals surface area (Å²) in [5, 5.41) is 13.4. The molecule has 39 heavy (non-hydrogen) atoms. The maximum absolute atomic E-state index is 13.6. The number of aromatic amines is 1. The third-order valence-electron chi connectivity index (χ3n) is 7.25. The third kappa shape index (κ3) is 4.74. The number of halogens is 1. The molecule has 0 saturated carbocycles. The molecule has 3 heterocycles. The topological polar surface area (TPSA) is 98.2 Å². The third-order valence-corrected chi connectivity index (χ3v) is 7.25. The van der Waals surface area contributed by atoms with Crippen molar-refractivity contribution in [2.75, 3.05) is 20.8 Å². The van der Waals surface area contributed by atoms with Gasteiger partial charge in [-0.15, -0.1) is 5.10 Å². The number of H-pyrrole nitrogens is 1. The Balaban J connectivity index is 1.48. The van der Waals surface area contributed by atoms with Gasteiger partial charge in [0.2, 0.25) is 0 Å². The maximum atomic E-state index is 13.6. The number of fused-ring (bicyclic) bond motifs is 2. The molecule has 6 rings (SSSR count). The van der Waals surface area contributed by atoms with Gasteiger partial charge in [0.05, 0.1) is 26.3 Å². The molecular formula is C29H27FN6O3. The summed E-state index contributed by atoms with van der Waals surface area (Å²) in [6.45, 7) is 1.68. The molecule has 0 radical (unpaired) electrons. The zero-order valence-electron chi connectivity index (χ0n) is 21.6. The van der Waals surface area contributed by atoms with Crippen molar-refractivity contribution in [1.82, 2.24) is 30.1 Å². The Hall–Kier alpha value is -4.57. The lowest BCUT2D eigenvalue weighted by atomic mass is 9.96. The van der Waals surface area contributed by atoms with Crippen molar-refractivity contribution in [2.45, 2.75) is 25.6 Å². The highest BCUT2D eigenvalue weighted by Crippen LogP contribution is 2.35. The number of ether oxygens (including phenoxy) is 2. The summed E-state index contributed by atoms with van der Waals surface area (Å²) in [5.74, 6) is 1.31. The minimum absolute atomic E-state index is 0.241. The fourth-order valence-corrected chi connectivity index (χ4v) is 5.27. The normalized spacial score (nSPS) is 14.2. The van der Waals surface area contributed by atoms with Crippen LogP contribution in [0.2, 0.25) is 0 Å². The minimum atomic E-state index is -0.532. The highest BCUT2D eigenvalue weighted by molar-refractivity contribution is 5.83. The first-order chi connectivity index (χ1) is 19.0. The van der Waals surface area contributed by atoms with Crippen LogP contribution in [-0.2, 0) is 19.5 Å². The molecule has 1 aliphatic heterocycles. The van der Waals surface area contributed by atoms with Crippen molar-refractivity contribution in [3.05, 3.63) is 111 Å². The number of hydrogen-bond acceptors (Lipinski definition) is 7. The number of benzene rings is 3. The molecule has 0 bridgehead atoms. The van der Waals surface area contributed by atoms with Crippen molar-refractivity contribution in [2.24, 2.45) is 0 Å². The molecule has 0 aliphatic carbocycles. The summed E-state index contributed by atoms with van der Waals surface area (Å²) >= 11 is 0. The van der Waals surface area contributed by atoms with E-state index < -0.39 is 6.04 Å². The number of methoxy groups -OCH3 is 2. The maximum Gasteiger partial charge on any atom is 0.253 e. The van der Waals surface area contributed by atoms with E-state index in [9.17, 15) is 9.18 Å². The van der Waals surface area contributed by atoms with Gasteiger partial charge in [0.1, 0.15) is 11.9 Å². The van der Waals surface area contributed by atoms with Crippen LogP contribution in [0, 0.1) is 5.82 Å². The predicted molar refractivity (Wildman–Crippen MR) is 143 cm³/mol. The van der Waals surface area contributed by atoms with Gasteiger partial charge in [0.15, 0.2) is 17.3 Å². The average molecular weight is 527 g/mol. The molecule has 0 spiro atoms. The zero-order chi connectivity index (χ0) is 26.9. The monoisotopic (exact) mass is 526 g/mol. The van der Waals surface area contributed by atoms with E-state index in [-0.39, 0.29) is 11.4 Å². The lowest BCUT2D eigenvalue weighted by Gasteiger charge is -2.34. The Morgan fingerprint density at radius 2 is 1.74 bits per heavy atom. The second kappa shape index (κ2) is 10.3. The molecule has 2 aromatic heterocycles. The number of nitrogens with zero attached hydrogens (tertiary/aromatic N) is 5. The molecule has 3 aromatic carbocycles. The average Bonchev–Trinajstić information content (AvgIpc) is 3.41. The van der Waals surface area contributed by atoms with Gasteiger partial charge in [-0.2, -0.15) is 0 Å². The number of hydrogen-bond donors (Lipinski definition) is 1. The SMILES string of the molecule is COc1cc2cc([C@H](c3nnnn3Cc3ccc(F)cc3)N3CCc4ccccc4C3)c(=O)[nH]c2cc1OC. The van der Waals surface area contributed by atoms with Crippen molar-refractivity contribution in [1.29, 1.82) is 0 Å².